The highest BCUT2D eigenvalue weighted by atomic mass is 16.3. The topological polar surface area (TPSA) is 32.3 Å². The fourth-order valence-electron chi connectivity index (χ4n) is 2.25. The van der Waals surface area contributed by atoms with E-state index >= 15 is 0 Å². The van der Waals surface area contributed by atoms with Crippen molar-refractivity contribution in [2.24, 2.45) is 5.92 Å². The number of hydrogen-bond acceptors (Lipinski definition) is 2. The summed E-state index contributed by atoms with van der Waals surface area (Å²) in [6.45, 7) is 11.6. The van der Waals surface area contributed by atoms with Gasteiger partial charge in [-0.2, -0.15) is 0 Å². The first-order valence-electron chi connectivity index (χ1n) is 5.40. The van der Waals surface area contributed by atoms with Gasteiger partial charge in [-0.15, -0.1) is 0 Å². The van der Waals surface area contributed by atoms with Gasteiger partial charge in [0.05, 0.1) is 5.60 Å². The Labute approximate surface area is 86.7 Å². The van der Waals surface area contributed by atoms with E-state index in [1.54, 1.807) is 6.08 Å². The van der Waals surface area contributed by atoms with E-state index in [-0.39, 0.29) is 0 Å². The molecule has 1 aliphatic rings. The Morgan fingerprint density at radius 1 is 1.57 bits per heavy atom. The van der Waals surface area contributed by atoms with Gasteiger partial charge in [0.2, 0.25) is 0 Å². The second kappa shape index (κ2) is 4.76. The van der Waals surface area contributed by atoms with Gasteiger partial charge in [0, 0.05) is 0 Å². The van der Waals surface area contributed by atoms with Gasteiger partial charge < -0.3 is 10.4 Å². The van der Waals surface area contributed by atoms with Crippen LogP contribution in [0.4, 0.5) is 0 Å². The highest BCUT2D eigenvalue weighted by Crippen LogP contribution is 2.34. The Bertz CT molecular complexity index is 218. The quantitative estimate of drug-likeness (QED) is 0.671. The SMILES string of the molecule is C=CC(=C)C(O)(CC)C1CCNCC1. The zero-order valence-electron chi connectivity index (χ0n) is 9.05. The molecule has 1 rings (SSSR count). The molecule has 1 fully saturated rings. The second-order valence-electron chi connectivity index (χ2n) is 4.03. The molecule has 0 saturated carbocycles. The van der Waals surface area contributed by atoms with Crippen molar-refractivity contribution in [2.75, 3.05) is 13.1 Å². The third-order valence-electron chi connectivity index (χ3n) is 3.36. The van der Waals surface area contributed by atoms with Crippen LogP contribution in [0, 0.1) is 5.92 Å². The van der Waals surface area contributed by atoms with E-state index < -0.39 is 5.60 Å². The molecule has 0 aromatic heterocycles. The molecule has 0 amide bonds. The number of rotatable bonds is 4. The van der Waals surface area contributed by atoms with E-state index in [0.29, 0.717) is 5.92 Å². The normalized spacial score (nSPS) is 22.7. The van der Waals surface area contributed by atoms with Gasteiger partial charge in [0.15, 0.2) is 0 Å². The predicted octanol–water partition coefficient (Wildman–Crippen LogP) is 1.87. The molecule has 2 nitrogen and oxygen atoms in total. The lowest BCUT2D eigenvalue weighted by molar-refractivity contribution is 0.00322. The molecule has 1 heterocycles. The summed E-state index contributed by atoms with van der Waals surface area (Å²) in [7, 11) is 0. The molecule has 1 atom stereocenters. The summed E-state index contributed by atoms with van der Waals surface area (Å²) < 4.78 is 0. The summed E-state index contributed by atoms with van der Waals surface area (Å²) in [6, 6.07) is 0. The van der Waals surface area contributed by atoms with Crippen molar-refractivity contribution in [1.29, 1.82) is 0 Å². The maximum atomic E-state index is 10.5. The molecule has 0 aromatic carbocycles. The van der Waals surface area contributed by atoms with E-state index in [2.05, 4.69) is 18.5 Å². The van der Waals surface area contributed by atoms with Crippen LogP contribution in [0.1, 0.15) is 26.2 Å². The van der Waals surface area contributed by atoms with Crippen LogP contribution in [0.2, 0.25) is 0 Å². The molecule has 1 aliphatic heterocycles. The molecule has 1 unspecified atom stereocenters. The highest BCUT2D eigenvalue weighted by molar-refractivity contribution is 5.25. The Morgan fingerprint density at radius 3 is 2.57 bits per heavy atom. The molecular formula is C12H21NO. The zero-order valence-corrected chi connectivity index (χ0v) is 9.05. The zero-order chi connectivity index (χ0) is 10.6. The number of hydrogen-bond donors (Lipinski definition) is 2. The van der Waals surface area contributed by atoms with Gasteiger partial charge in [-0.1, -0.05) is 26.2 Å². The summed E-state index contributed by atoms with van der Waals surface area (Å²) >= 11 is 0. The minimum Gasteiger partial charge on any atom is -0.385 e. The number of piperidine rings is 1. The van der Waals surface area contributed by atoms with E-state index in [1.165, 1.54) is 0 Å². The van der Waals surface area contributed by atoms with Crippen LogP contribution < -0.4 is 5.32 Å². The average molecular weight is 195 g/mol. The van der Waals surface area contributed by atoms with Crippen LogP contribution in [-0.4, -0.2) is 23.8 Å². The van der Waals surface area contributed by atoms with E-state index in [1.807, 2.05) is 6.92 Å². The molecule has 2 N–H and O–H groups in total. The lowest BCUT2D eigenvalue weighted by Crippen LogP contribution is -2.44. The Hall–Kier alpha value is -0.600. The van der Waals surface area contributed by atoms with Crippen molar-refractivity contribution in [2.45, 2.75) is 31.8 Å². The first-order chi connectivity index (χ1) is 6.65. The average Bonchev–Trinajstić information content (AvgIpc) is 2.28. The fourth-order valence-corrected chi connectivity index (χ4v) is 2.25. The molecule has 0 spiro atoms. The summed E-state index contributed by atoms with van der Waals surface area (Å²) in [5.74, 6) is 0.333. The Balaban J connectivity index is 2.76. The molecule has 2 heteroatoms. The lowest BCUT2D eigenvalue weighted by atomic mass is 9.75. The van der Waals surface area contributed by atoms with E-state index in [9.17, 15) is 5.11 Å². The van der Waals surface area contributed by atoms with Crippen molar-refractivity contribution in [3.8, 4) is 0 Å². The molecule has 1 saturated heterocycles. The van der Waals surface area contributed by atoms with Gasteiger partial charge >= 0.3 is 0 Å². The summed E-state index contributed by atoms with van der Waals surface area (Å²) in [4.78, 5) is 0. The molecule has 0 bridgehead atoms. The molecule has 0 radical (unpaired) electrons. The smallest absolute Gasteiger partial charge is 0.0917 e. The van der Waals surface area contributed by atoms with Crippen LogP contribution in [0.15, 0.2) is 24.8 Å². The summed E-state index contributed by atoms with van der Waals surface area (Å²) in [5.41, 5.74) is 0.0380. The number of nitrogens with one attached hydrogen (secondary N) is 1. The maximum Gasteiger partial charge on any atom is 0.0917 e. The number of aliphatic hydroxyl groups is 1. The fraction of sp³-hybridized carbons (Fsp3) is 0.667. The molecule has 0 aliphatic carbocycles. The van der Waals surface area contributed by atoms with Gasteiger partial charge in [-0.05, 0) is 43.8 Å². The lowest BCUT2D eigenvalue weighted by Gasteiger charge is -2.38. The van der Waals surface area contributed by atoms with Crippen molar-refractivity contribution >= 4 is 0 Å². The summed E-state index contributed by atoms with van der Waals surface area (Å²) in [6.07, 6.45) is 4.46. The van der Waals surface area contributed by atoms with Crippen molar-refractivity contribution < 1.29 is 5.11 Å². The summed E-state index contributed by atoms with van der Waals surface area (Å²) in [5, 5.41) is 13.8. The largest absolute Gasteiger partial charge is 0.385 e. The minimum atomic E-state index is -0.732. The first-order valence-corrected chi connectivity index (χ1v) is 5.40. The monoisotopic (exact) mass is 195 g/mol. The van der Waals surface area contributed by atoms with Crippen molar-refractivity contribution in [3.05, 3.63) is 24.8 Å². The Kier molecular flexibility index (Phi) is 3.90. The standard InChI is InChI=1S/C12H21NO/c1-4-10(3)12(14,5-2)11-6-8-13-9-7-11/h4,11,13-14H,1,3,5-9H2,2H3. The van der Waals surface area contributed by atoms with Crippen LogP contribution in [-0.2, 0) is 0 Å². The van der Waals surface area contributed by atoms with E-state index in [0.717, 1.165) is 37.9 Å². The second-order valence-corrected chi connectivity index (χ2v) is 4.03. The van der Waals surface area contributed by atoms with Gasteiger partial charge in [0.25, 0.3) is 0 Å². The minimum absolute atomic E-state index is 0.333. The van der Waals surface area contributed by atoms with Gasteiger partial charge in [-0.25, -0.2) is 0 Å². The van der Waals surface area contributed by atoms with E-state index in [4.69, 9.17) is 0 Å². The highest BCUT2D eigenvalue weighted by Gasteiger charge is 2.36. The van der Waals surface area contributed by atoms with Gasteiger partial charge in [-0.3, -0.25) is 0 Å². The first kappa shape index (κ1) is 11.5. The molecule has 14 heavy (non-hydrogen) atoms. The van der Waals surface area contributed by atoms with Crippen molar-refractivity contribution in [1.82, 2.24) is 5.32 Å². The van der Waals surface area contributed by atoms with Crippen LogP contribution in [0.5, 0.6) is 0 Å². The van der Waals surface area contributed by atoms with Crippen LogP contribution >= 0.6 is 0 Å². The predicted molar refractivity (Wildman–Crippen MR) is 60.2 cm³/mol. The maximum absolute atomic E-state index is 10.5. The Morgan fingerprint density at radius 2 is 2.14 bits per heavy atom. The van der Waals surface area contributed by atoms with Gasteiger partial charge in [0.1, 0.15) is 0 Å². The molecular weight excluding hydrogens is 174 g/mol. The van der Waals surface area contributed by atoms with Crippen molar-refractivity contribution in [3.63, 3.8) is 0 Å². The van der Waals surface area contributed by atoms with Crippen LogP contribution in [0.25, 0.3) is 0 Å². The van der Waals surface area contributed by atoms with Crippen LogP contribution in [0.3, 0.4) is 0 Å². The third kappa shape index (κ3) is 2.07. The third-order valence-corrected chi connectivity index (χ3v) is 3.36. The molecule has 80 valence electrons. The molecule has 0 aromatic rings.